The molecule has 1 aliphatic rings. The van der Waals surface area contributed by atoms with Crippen LogP contribution < -0.4 is 11.1 Å². The highest BCUT2D eigenvalue weighted by atomic mass is 16.2. The molecule has 4 atom stereocenters. The molecule has 3 heteroatoms. The van der Waals surface area contributed by atoms with Crippen molar-refractivity contribution in [2.45, 2.75) is 65.0 Å². The van der Waals surface area contributed by atoms with Gasteiger partial charge < -0.3 is 11.1 Å². The minimum absolute atomic E-state index is 0.0354. The minimum Gasteiger partial charge on any atom is -0.352 e. The fourth-order valence-corrected chi connectivity index (χ4v) is 2.61. The second-order valence-corrected chi connectivity index (χ2v) is 5.41. The molecule has 3 N–H and O–H groups in total. The van der Waals surface area contributed by atoms with Crippen molar-refractivity contribution in [3.63, 3.8) is 0 Å². The molecule has 0 saturated heterocycles. The highest BCUT2D eigenvalue weighted by Gasteiger charge is 2.27. The number of amides is 1. The quantitative estimate of drug-likeness (QED) is 0.771. The Morgan fingerprint density at radius 1 is 1.44 bits per heavy atom. The summed E-state index contributed by atoms with van der Waals surface area (Å²) in [5, 5.41) is 3.11. The van der Waals surface area contributed by atoms with Crippen LogP contribution >= 0.6 is 0 Å². The Morgan fingerprint density at radius 3 is 2.69 bits per heavy atom. The molecule has 3 nitrogen and oxygen atoms in total. The zero-order valence-electron chi connectivity index (χ0n) is 10.8. The van der Waals surface area contributed by atoms with Gasteiger partial charge in [-0.05, 0) is 37.5 Å². The molecule has 0 radical (unpaired) electrons. The van der Waals surface area contributed by atoms with Gasteiger partial charge in [0.25, 0.3) is 0 Å². The van der Waals surface area contributed by atoms with Gasteiger partial charge in [0.15, 0.2) is 0 Å². The summed E-state index contributed by atoms with van der Waals surface area (Å²) in [5.41, 5.74) is 5.81. The predicted octanol–water partition coefficient (Wildman–Crippen LogP) is 2.05. The maximum absolute atomic E-state index is 11.8. The lowest BCUT2D eigenvalue weighted by Crippen LogP contribution is -2.49. The molecule has 0 aromatic heterocycles. The Bertz CT molecular complexity index is 230. The summed E-state index contributed by atoms with van der Waals surface area (Å²) in [6, 6.07) is 0.0168. The first kappa shape index (κ1) is 13.5. The normalized spacial score (nSPS) is 32.1. The van der Waals surface area contributed by atoms with Crippen molar-refractivity contribution < 1.29 is 4.79 Å². The van der Waals surface area contributed by atoms with Gasteiger partial charge in [-0.3, -0.25) is 4.79 Å². The van der Waals surface area contributed by atoms with E-state index in [2.05, 4.69) is 26.1 Å². The van der Waals surface area contributed by atoms with E-state index in [1.807, 2.05) is 0 Å². The van der Waals surface area contributed by atoms with Crippen LogP contribution in [0.15, 0.2) is 0 Å². The molecule has 1 saturated carbocycles. The second-order valence-electron chi connectivity index (χ2n) is 5.41. The number of hydrogen-bond donors (Lipinski definition) is 2. The van der Waals surface area contributed by atoms with Gasteiger partial charge in [0, 0.05) is 6.04 Å². The number of nitrogens with two attached hydrogens (primary N) is 1. The van der Waals surface area contributed by atoms with Gasteiger partial charge in [0.2, 0.25) is 5.91 Å². The number of rotatable bonds is 4. The molecule has 3 unspecified atom stereocenters. The average molecular weight is 226 g/mol. The van der Waals surface area contributed by atoms with E-state index in [0.717, 1.165) is 25.2 Å². The molecule has 0 bridgehead atoms. The summed E-state index contributed by atoms with van der Waals surface area (Å²) in [7, 11) is 0. The molecular formula is C13H26N2O. The van der Waals surface area contributed by atoms with Gasteiger partial charge in [-0.15, -0.1) is 0 Å². The highest BCUT2D eigenvalue weighted by Crippen LogP contribution is 2.28. The monoisotopic (exact) mass is 226 g/mol. The maximum Gasteiger partial charge on any atom is 0.237 e. The van der Waals surface area contributed by atoms with E-state index < -0.39 is 0 Å². The van der Waals surface area contributed by atoms with E-state index in [9.17, 15) is 4.79 Å². The SMILES string of the molecule is CCC[C@@H](N)C(=O)NC1CCC(C)CC1C. The van der Waals surface area contributed by atoms with E-state index in [1.165, 1.54) is 12.8 Å². The molecule has 0 aliphatic heterocycles. The van der Waals surface area contributed by atoms with Crippen molar-refractivity contribution in [2.24, 2.45) is 17.6 Å². The minimum atomic E-state index is -0.323. The molecule has 16 heavy (non-hydrogen) atoms. The Kier molecular flexibility index (Phi) is 5.26. The van der Waals surface area contributed by atoms with Crippen molar-refractivity contribution in [3.8, 4) is 0 Å². The van der Waals surface area contributed by atoms with Crippen LogP contribution in [0.5, 0.6) is 0 Å². The first-order chi connectivity index (χ1) is 7.54. The zero-order valence-corrected chi connectivity index (χ0v) is 10.8. The number of nitrogens with one attached hydrogen (secondary N) is 1. The number of carbonyl (C=O) groups is 1. The smallest absolute Gasteiger partial charge is 0.237 e. The topological polar surface area (TPSA) is 55.1 Å². The van der Waals surface area contributed by atoms with Gasteiger partial charge in [0.1, 0.15) is 0 Å². The van der Waals surface area contributed by atoms with Crippen LogP contribution in [0.3, 0.4) is 0 Å². The Labute approximate surface area is 99.2 Å². The fourth-order valence-electron chi connectivity index (χ4n) is 2.61. The van der Waals surface area contributed by atoms with Crippen molar-refractivity contribution in [2.75, 3.05) is 0 Å². The molecule has 0 aromatic carbocycles. The van der Waals surface area contributed by atoms with E-state index in [-0.39, 0.29) is 11.9 Å². The highest BCUT2D eigenvalue weighted by molar-refractivity contribution is 5.81. The molecular weight excluding hydrogens is 200 g/mol. The molecule has 0 heterocycles. The van der Waals surface area contributed by atoms with Crippen molar-refractivity contribution in [3.05, 3.63) is 0 Å². The van der Waals surface area contributed by atoms with Gasteiger partial charge in [-0.2, -0.15) is 0 Å². The summed E-state index contributed by atoms with van der Waals surface area (Å²) in [4.78, 5) is 11.8. The van der Waals surface area contributed by atoms with Crippen LogP contribution in [0.1, 0.15) is 52.9 Å². The third kappa shape index (κ3) is 3.78. The van der Waals surface area contributed by atoms with E-state index in [1.54, 1.807) is 0 Å². The van der Waals surface area contributed by atoms with E-state index >= 15 is 0 Å². The third-order valence-corrected chi connectivity index (χ3v) is 3.70. The van der Waals surface area contributed by atoms with Crippen molar-refractivity contribution >= 4 is 5.91 Å². The Hall–Kier alpha value is -0.570. The maximum atomic E-state index is 11.8. The molecule has 94 valence electrons. The largest absolute Gasteiger partial charge is 0.352 e. The van der Waals surface area contributed by atoms with Gasteiger partial charge in [-0.25, -0.2) is 0 Å². The first-order valence-electron chi connectivity index (χ1n) is 6.60. The van der Waals surface area contributed by atoms with E-state index in [0.29, 0.717) is 12.0 Å². The predicted molar refractivity (Wildman–Crippen MR) is 67.0 cm³/mol. The summed E-state index contributed by atoms with van der Waals surface area (Å²) in [6.07, 6.45) is 5.29. The summed E-state index contributed by atoms with van der Waals surface area (Å²) >= 11 is 0. The Morgan fingerprint density at radius 2 is 2.12 bits per heavy atom. The van der Waals surface area contributed by atoms with Gasteiger partial charge in [-0.1, -0.05) is 27.2 Å². The van der Waals surface area contributed by atoms with Crippen LogP contribution in [0, 0.1) is 11.8 Å². The van der Waals surface area contributed by atoms with Gasteiger partial charge in [0.05, 0.1) is 6.04 Å². The van der Waals surface area contributed by atoms with Crippen LogP contribution in [-0.4, -0.2) is 18.0 Å². The van der Waals surface area contributed by atoms with Gasteiger partial charge >= 0.3 is 0 Å². The fraction of sp³-hybridized carbons (Fsp3) is 0.923. The van der Waals surface area contributed by atoms with Crippen LogP contribution in [0.4, 0.5) is 0 Å². The first-order valence-corrected chi connectivity index (χ1v) is 6.60. The third-order valence-electron chi connectivity index (χ3n) is 3.70. The standard InChI is InChI=1S/C13H26N2O/c1-4-5-11(14)13(16)15-12-7-6-9(2)8-10(12)3/h9-12H,4-8,14H2,1-3H3,(H,15,16)/t9?,10?,11-,12?/m1/s1. The lowest BCUT2D eigenvalue weighted by Gasteiger charge is -2.33. The summed E-state index contributed by atoms with van der Waals surface area (Å²) in [6.45, 7) is 6.57. The van der Waals surface area contributed by atoms with Crippen molar-refractivity contribution in [1.29, 1.82) is 0 Å². The lowest BCUT2D eigenvalue weighted by atomic mass is 9.80. The molecule has 1 rings (SSSR count). The van der Waals surface area contributed by atoms with Crippen molar-refractivity contribution in [1.82, 2.24) is 5.32 Å². The number of hydrogen-bond acceptors (Lipinski definition) is 2. The number of carbonyl (C=O) groups excluding carboxylic acids is 1. The van der Waals surface area contributed by atoms with Crippen LogP contribution in [0.2, 0.25) is 0 Å². The average Bonchev–Trinajstić information content (AvgIpc) is 2.22. The van der Waals surface area contributed by atoms with E-state index in [4.69, 9.17) is 5.73 Å². The molecule has 1 fully saturated rings. The molecule has 0 aromatic rings. The molecule has 1 amide bonds. The molecule has 1 aliphatic carbocycles. The lowest BCUT2D eigenvalue weighted by molar-refractivity contribution is -0.123. The second kappa shape index (κ2) is 6.24. The Balaban J connectivity index is 2.38. The zero-order chi connectivity index (χ0) is 12.1. The molecule has 0 spiro atoms. The summed E-state index contributed by atoms with van der Waals surface area (Å²) < 4.78 is 0. The van der Waals surface area contributed by atoms with Crippen LogP contribution in [-0.2, 0) is 4.79 Å². The summed E-state index contributed by atoms with van der Waals surface area (Å²) in [5.74, 6) is 1.42. The van der Waals surface area contributed by atoms with Crippen LogP contribution in [0.25, 0.3) is 0 Å².